The Kier molecular flexibility index (Phi) is 4.72. The zero-order chi connectivity index (χ0) is 24.4. The van der Waals surface area contributed by atoms with Gasteiger partial charge in [0.25, 0.3) is 5.56 Å². The molecule has 0 spiro atoms. The van der Waals surface area contributed by atoms with Crippen molar-refractivity contribution in [2.24, 2.45) is 14.1 Å². The molecule has 0 fully saturated rings. The third kappa shape index (κ3) is 3.08. The predicted octanol–water partition coefficient (Wildman–Crippen LogP) is 4.97. The van der Waals surface area contributed by atoms with E-state index in [-0.39, 0.29) is 5.82 Å². The minimum Gasteiger partial charge on any atom is -0.477 e. The molecule has 0 amide bonds. The Morgan fingerprint density at radius 2 is 1.66 bits per heavy atom. The Bertz CT molecular complexity index is 1770. The molecule has 8 heteroatoms. The van der Waals surface area contributed by atoms with Gasteiger partial charge in [-0.1, -0.05) is 35.9 Å². The Labute approximate surface area is 204 Å². The lowest BCUT2D eigenvalue weighted by atomic mass is 10.0. The highest BCUT2D eigenvalue weighted by Gasteiger charge is 2.36. The fourth-order valence-corrected chi connectivity index (χ4v) is 5.09. The maximum Gasteiger partial charge on any atom is 0.331 e. The van der Waals surface area contributed by atoms with Crippen LogP contribution in [0.25, 0.3) is 27.8 Å². The van der Waals surface area contributed by atoms with Crippen molar-refractivity contribution >= 4 is 22.5 Å². The first-order chi connectivity index (χ1) is 16.9. The quantitative estimate of drug-likeness (QED) is 0.353. The van der Waals surface area contributed by atoms with Gasteiger partial charge < -0.3 is 9.30 Å². The number of nitrogens with zero attached hydrogens (tertiary/aromatic N) is 3. The molecule has 35 heavy (non-hydrogen) atoms. The van der Waals surface area contributed by atoms with Crippen LogP contribution in [0.1, 0.15) is 17.4 Å². The van der Waals surface area contributed by atoms with Gasteiger partial charge in [0.05, 0.1) is 28.0 Å². The molecular formula is C27H19ClFN3O3. The van der Waals surface area contributed by atoms with E-state index in [1.54, 1.807) is 31.3 Å². The van der Waals surface area contributed by atoms with Crippen molar-refractivity contribution in [3.05, 3.63) is 116 Å². The topological polar surface area (TPSA) is 58.2 Å². The van der Waals surface area contributed by atoms with Crippen molar-refractivity contribution in [3.63, 3.8) is 0 Å². The van der Waals surface area contributed by atoms with Crippen molar-refractivity contribution < 1.29 is 9.13 Å². The largest absolute Gasteiger partial charge is 0.477 e. The van der Waals surface area contributed by atoms with Crippen molar-refractivity contribution in [2.45, 2.75) is 6.10 Å². The van der Waals surface area contributed by atoms with Crippen LogP contribution in [0.3, 0.4) is 0 Å². The first kappa shape index (κ1) is 21.4. The fourth-order valence-electron chi connectivity index (χ4n) is 4.89. The number of hydrogen-bond acceptors (Lipinski definition) is 3. The summed E-state index contributed by atoms with van der Waals surface area (Å²) < 4.78 is 24.8. The van der Waals surface area contributed by atoms with Crippen LogP contribution < -0.4 is 16.0 Å². The van der Waals surface area contributed by atoms with Gasteiger partial charge >= 0.3 is 5.69 Å². The van der Waals surface area contributed by atoms with E-state index in [2.05, 4.69) is 0 Å². The number of halogens is 2. The second kappa shape index (κ2) is 7.71. The molecular weight excluding hydrogens is 469 g/mol. The van der Waals surface area contributed by atoms with Crippen LogP contribution in [0, 0.1) is 5.82 Å². The molecule has 0 bridgehead atoms. The van der Waals surface area contributed by atoms with Crippen molar-refractivity contribution in [1.29, 1.82) is 0 Å². The van der Waals surface area contributed by atoms with Crippen LogP contribution in [0.4, 0.5) is 4.39 Å². The van der Waals surface area contributed by atoms with Gasteiger partial charge in [0.1, 0.15) is 11.6 Å². The molecule has 0 aliphatic carbocycles. The summed E-state index contributed by atoms with van der Waals surface area (Å²) in [6.45, 7) is 0. The van der Waals surface area contributed by atoms with Gasteiger partial charge in [-0.2, -0.15) is 0 Å². The second-order valence-electron chi connectivity index (χ2n) is 8.53. The molecule has 6 nitrogen and oxygen atoms in total. The van der Waals surface area contributed by atoms with E-state index in [9.17, 15) is 14.0 Å². The Balaban J connectivity index is 1.86. The number of fused-ring (bicyclic) bond motifs is 5. The molecule has 3 heterocycles. The number of rotatable bonds is 2. The maximum atomic E-state index is 13.9. The normalized spacial score (nSPS) is 14.5. The Morgan fingerprint density at radius 1 is 0.914 bits per heavy atom. The van der Waals surface area contributed by atoms with Gasteiger partial charge in [-0.05, 0) is 59.7 Å². The fraction of sp³-hybridized carbons (Fsp3) is 0.111. The van der Waals surface area contributed by atoms with E-state index in [1.807, 2.05) is 41.0 Å². The highest BCUT2D eigenvalue weighted by atomic mass is 35.5. The maximum absolute atomic E-state index is 13.9. The average molecular weight is 488 g/mol. The molecule has 6 rings (SSSR count). The molecule has 0 saturated carbocycles. The van der Waals surface area contributed by atoms with Gasteiger partial charge in [0.15, 0.2) is 6.10 Å². The predicted molar refractivity (Wildman–Crippen MR) is 133 cm³/mol. The minimum absolute atomic E-state index is 0.350. The monoisotopic (exact) mass is 487 g/mol. The van der Waals surface area contributed by atoms with E-state index >= 15 is 0 Å². The highest BCUT2D eigenvalue weighted by Crippen LogP contribution is 2.46. The molecule has 1 aliphatic heterocycles. The molecule has 2 aromatic heterocycles. The summed E-state index contributed by atoms with van der Waals surface area (Å²) in [7, 11) is 3.09. The lowest BCUT2D eigenvalue weighted by Gasteiger charge is -2.30. The number of aryl methyl sites for hydroxylation is 1. The van der Waals surface area contributed by atoms with Crippen LogP contribution in [-0.4, -0.2) is 13.7 Å². The second-order valence-corrected chi connectivity index (χ2v) is 8.96. The zero-order valence-corrected chi connectivity index (χ0v) is 19.6. The lowest BCUT2D eigenvalue weighted by molar-refractivity contribution is 0.229. The summed E-state index contributed by atoms with van der Waals surface area (Å²) in [4.78, 5) is 26.6. The Hall–Kier alpha value is -4.10. The van der Waals surface area contributed by atoms with Gasteiger partial charge in [-0.3, -0.25) is 13.9 Å². The number of aromatic nitrogens is 3. The number of ether oxygens (including phenoxy) is 1. The van der Waals surface area contributed by atoms with Crippen molar-refractivity contribution in [3.8, 4) is 22.7 Å². The SMILES string of the molecule is Cn1c(=O)c2c(-c3ccc(F)cc3)n3c(c2n(C)c1=O)[C@H](c1cccc(Cl)c1)Oc1ccccc1-3. The third-order valence-electron chi connectivity index (χ3n) is 6.48. The minimum atomic E-state index is -0.655. The van der Waals surface area contributed by atoms with Crippen molar-refractivity contribution in [1.82, 2.24) is 13.7 Å². The lowest BCUT2D eigenvalue weighted by Crippen LogP contribution is -2.37. The molecule has 3 aromatic carbocycles. The van der Waals surface area contributed by atoms with Crippen LogP contribution in [0.15, 0.2) is 82.4 Å². The number of benzene rings is 3. The summed E-state index contributed by atoms with van der Waals surface area (Å²) in [6, 6.07) is 20.8. The third-order valence-corrected chi connectivity index (χ3v) is 6.71. The summed E-state index contributed by atoms with van der Waals surface area (Å²) in [5, 5.41) is 0.888. The van der Waals surface area contributed by atoms with Gasteiger partial charge in [0, 0.05) is 19.1 Å². The standard InChI is InChI=1S/C27H19ClFN3O3/c1-30-23-21(26(33)31(2)27(30)34)22(15-10-12-18(29)13-11-15)32-19-8-3-4-9-20(19)35-25(24(23)32)16-6-5-7-17(28)14-16/h3-14,25H,1-2H3/t25-/m0/s1. The van der Waals surface area contributed by atoms with Crippen LogP contribution >= 0.6 is 11.6 Å². The Morgan fingerprint density at radius 3 is 2.40 bits per heavy atom. The molecule has 5 aromatic rings. The summed E-state index contributed by atoms with van der Waals surface area (Å²) >= 11 is 6.32. The van der Waals surface area contributed by atoms with E-state index < -0.39 is 17.4 Å². The van der Waals surface area contributed by atoms with E-state index in [4.69, 9.17) is 16.3 Å². The van der Waals surface area contributed by atoms with E-state index in [0.29, 0.717) is 44.3 Å². The smallest absolute Gasteiger partial charge is 0.331 e. The highest BCUT2D eigenvalue weighted by molar-refractivity contribution is 6.30. The average Bonchev–Trinajstić information content (AvgIpc) is 3.23. The van der Waals surface area contributed by atoms with Crippen LogP contribution in [0.2, 0.25) is 5.02 Å². The van der Waals surface area contributed by atoms with E-state index in [0.717, 1.165) is 10.1 Å². The number of hydrogen-bond donors (Lipinski definition) is 0. The van der Waals surface area contributed by atoms with E-state index in [1.165, 1.54) is 23.7 Å². The molecule has 0 saturated heterocycles. The molecule has 0 unspecified atom stereocenters. The van der Waals surface area contributed by atoms with Crippen LogP contribution in [0.5, 0.6) is 5.75 Å². The molecule has 0 radical (unpaired) electrons. The van der Waals surface area contributed by atoms with Crippen molar-refractivity contribution in [2.75, 3.05) is 0 Å². The van der Waals surface area contributed by atoms with Gasteiger partial charge in [0.2, 0.25) is 0 Å². The molecule has 174 valence electrons. The first-order valence-corrected chi connectivity index (χ1v) is 11.4. The number of para-hydroxylation sites is 2. The van der Waals surface area contributed by atoms with Gasteiger partial charge in [-0.25, -0.2) is 9.18 Å². The van der Waals surface area contributed by atoms with Crippen LogP contribution in [-0.2, 0) is 14.1 Å². The summed E-state index contributed by atoms with van der Waals surface area (Å²) in [5.74, 6) is 0.222. The molecule has 0 N–H and O–H groups in total. The summed E-state index contributed by atoms with van der Waals surface area (Å²) in [5.41, 5.74) is 2.87. The molecule has 1 atom stereocenters. The first-order valence-electron chi connectivity index (χ1n) is 11.0. The zero-order valence-electron chi connectivity index (χ0n) is 18.8. The molecule has 1 aliphatic rings. The summed E-state index contributed by atoms with van der Waals surface area (Å²) in [6.07, 6.45) is -0.655. The van der Waals surface area contributed by atoms with Gasteiger partial charge in [-0.15, -0.1) is 0 Å².